The van der Waals surface area contributed by atoms with Crippen molar-refractivity contribution in [2.75, 3.05) is 32.2 Å². The normalized spacial score (nSPS) is 20.3. The van der Waals surface area contributed by atoms with Gasteiger partial charge in [-0.15, -0.1) is 0 Å². The van der Waals surface area contributed by atoms with Gasteiger partial charge < -0.3 is 19.7 Å². The standard InChI is InChI=1S/C22H32ClN5O6/c1-33-17(29)9-11-24-15-8-7-14(13-15)19-20(28(31)32)21(26-22(23)25-19)27(12-10-18(30)34-2)16-5-3-4-6-16/h14-16,24H,3-13H2,1-2H3. The predicted molar refractivity (Wildman–Crippen MR) is 125 cm³/mol. The summed E-state index contributed by atoms with van der Waals surface area (Å²) < 4.78 is 9.44. The Kier molecular flexibility index (Phi) is 9.40. The number of hydrogen-bond acceptors (Lipinski definition) is 10. The first kappa shape index (κ1) is 26.1. The number of halogens is 1. The SMILES string of the molecule is COC(=O)CCNC1CCC(c2nc(Cl)nc(N(CCC(=O)OC)C3CCCC3)c2[N+](=O)[O-])C1. The van der Waals surface area contributed by atoms with Crippen molar-refractivity contribution in [1.29, 1.82) is 0 Å². The van der Waals surface area contributed by atoms with Crippen LogP contribution in [0.2, 0.25) is 5.28 Å². The van der Waals surface area contributed by atoms with Gasteiger partial charge in [0.1, 0.15) is 5.69 Å². The minimum atomic E-state index is -0.431. The number of hydrogen-bond donors (Lipinski definition) is 1. The highest BCUT2D eigenvalue weighted by Crippen LogP contribution is 2.43. The molecule has 1 N–H and O–H groups in total. The van der Waals surface area contributed by atoms with Crippen LogP contribution in [0.3, 0.4) is 0 Å². The molecule has 34 heavy (non-hydrogen) atoms. The van der Waals surface area contributed by atoms with Crippen LogP contribution < -0.4 is 10.2 Å². The maximum atomic E-state index is 12.3. The Morgan fingerprint density at radius 3 is 2.44 bits per heavy atom. The smallest absolute Gasteiger partial charge is 0.333 e. The van der Waals surface area contributed by atoms with Crippen molar-refractivity contribution in [1.82, 2.24) is 15.3 Å². The quantitative estimate of drug-likeness (QED) is 0.210. The molecule has 2 aliphatic rings. The van der Waals surface area contributed by atoms with Crippen LogP contribution in [0.5, 0.6) is 0 Å². The maximum absolute atomic E-state index is 12.3. The van der Waals surface area contributed by atoms with Gasteiger partial charge in [0.2, 0.25) is 11.1 Å². The summed E-state index contributed by atoms with van der Waals surface area (Å²) >= 11 is 6.29. The predicted octanol–water partition coefficient (Wildman–Crippen LogP) is 3.14. The number of anilines is 1. The molecule has 0 aliphatic heterocycles. The molecule has 3 rings (SSSR count). The molecule has 11 nitrogen and oxygen atoms in total. The minimum absolute atomic E-state index is 0.0403. The van der Waals surface area contributed by atoms with Crippen LogP contribution in [0.15, 0.2) is 0 Å². The van der Waals surface area contributed by atoms with Gasteiger partial charge in [0, 0.05) is 31.1 Å². The first-order valence-corrected chi connectivity index (χ1v) is 12.1. The lowest BCUT2D eigenvalue weighted by molar-refractivity contribution is -0.385. The van der Waals surface area contributed by atoms with Gasteiger partial charge in [-0.3, -0.25) is 19.7 Å². The van der Waals surface area contributed by atoms with Gasteiger partial charge in [0.25, 0.3) is 0 Å². The second-order valence-corrected chi connectivity index (χ2v) is 9.09. The molecule has 0 radical (unpaired) electrons. The van der Waals surface area contributed by atoms with E-state index in [1.165, 1.54) is 14.2 Å². The lowest BCUT2D eigenvalue weighted by atomic mass is 10.0. The number of rotatable bonds is 11. The van der Waals surface area contributed by atoms with E-state index in [2.05, 4.69) is 20.0 Å². The number of aromatic nitrogens is 2. The zero-order valence-electron chi connectivity index (χ0n) is 19.6. The first-order valence-electron chi connectivity index (χ1n) is 11.7. The molecule has 2 saturated carbocycles. The monoisotopic (exact) mass is 497 g/mol. The van der Waals surface area contributed by atoms with Crippen LogP contribution in [0.1, 0.15) is 69.4 Å². The molecule has 0 aromatic carbocycles. The molecule has 2 atom stereocenters. The number of ether oxygens (including phenoxy) is 2. The van der Waals surface area contributed by atoms with Crippen LogP contribution in [-0.4, -0.2) is 66.2 Å². The Hall–Kier alpha value is -2.53. The molecule has 0 bridgehead atoms. The summed E-state index contributed by atoms with van der Waals surface area (Å²) in [5.74, 6) is -0.661. The van der Waals surface area contributed by atoms with E-state index < -0.39 is 4.92 Å². The number of nitrogens with one attached hydrogen (secondary N) is 1. The van der Waals surface area contributed by atoms with Crippen LogP contribution in [-0.2, 0) is 19.1 Å². The van der Waals surface area contributed by atoms with Gasteiger partial charge in [0.15, 0.2) is 0 Å². The number of nitrogens with zero attached hydrogens (tertiary/aromatic N) is 4. The highest BCUT2D eigenvalue weighted by Gasteiger charge is 2.38. The van der Waals surface area contributed by atoms with E-state index in [4.69, 9.17) is 16.3 Å². The molecule has 1 heterocycles. The molecule has 2 aliphatic carbocycles. The average Bonchev–Trinajstić information content (AvgIpc) is 3.51. The minimum Gasteiger partial charge on any atom is -0.469 e. The van der Waals surface area contributed by atoms with Gasteiger partial charge in [-0.2, -0.15) is 4.98 Å². The van der Waals surface area contributed by atoms with Gasteiger partial charge in [-0.25, -0.2) is 4.98 Å². The van der Waals surface area contributed by atoms with E-state index in [0.717, 1.165) is 32.1 Å². The van der Waals surface area contributed by atoms with Gasteiger partial charge in [-0.05, 0) is 43.7 Å². The molecule has 0 saturated heterocycles. The molecule has 1 aromatic rings. The van der Waals surface area contributed by atoms with Crippen LogP contribution in [0.4, 0.5) is 11.5 Å². The van der Waals surface area contributed by atoms with Crippen molar-refractivity contribution in [2.45, 2.75) is 75.8 Å². The Morgan fingerprint density at radius 1 is 1.12 bits per heavy atom. The van der Waals surface area contributed by atoms with Crippen molar-refractivity contribution >= 4 is 35.0 Å². The number of carbonyl (C=O) groups excluding carboxylic acids is 2. The van der Waals surface area contributed by atoms with Gasteiger partial charge in [0.05, 0.1) is 32.0 Å². The first-order chi connectivity index (χ1) is 16.3. The maximum Gasteiger partial charge on any atom is 0.333 e. The number of carbonyl (C=O) groups is 2. The lowest BCUT2D eigenvalue weighted by Gasteiger charge is -2.30. The zero-order valence-corrected chi connectivity index (χ0v) is 20.4. The largest absolute Gasteiger partial charge is 0.469 e. The third-order valence-electron chi connectivity index (χ3n) is 6.68. The summed E-state index contributed by atoms with van der Waals surface area (Å²) in [5, 5.41) is 15.6. The summed E-state index contributed by atoms with van der Waals surface area (Å²) in [6.45, 7) is 0.734. The molecule has 0 spiro atoms. The van der Waals surface area contributed by atoms with Crippen molar-refractivity contribution in [3.05, 3.63) is 21.1 Å². The highest BCUT2D eigenvalue weighted by molar-refractivity contribution is 6.28. The van der Waals surface area contributed by atoms with Crippen LogP contribution in [0, 0.1) is 10.1 Å². The Morgan fingerprint density at radius 2 is 1.79 bits per heavy atom. The third kappa shape index (κ3) is 6.53. The molecule has 1 aromatic heterocycles. The van der Waals surface area contributed by atoms with E-state index in [1.54, 1.807) is 0 Å². The van der Waals surface area contributed by atoms with Crippen LogP contribution >= 0.6 is 11.6 Å². The van der Waals surface area contributed by atoms with Crippen molar-refractivity contribution in [2.24, 2.45) is 0 Å². The highest BCUT2D eigenvalue weighted by atomic mass is 35.5. The van der Waals surface area contributed by atoms with E-state index in [9.17, 15) is 19.7 Å². The Balaban J connectivity index is 1.86. The fourth-order valence-corrected chi connectivity index (χ4v) is 5.15. The second-order valence-electron chi connectivity index (χ2n) is 8.75. The van der Waals surface area contributed by atoms with E-state index in [1.807, 2.05) is 4.90 Å². The number of methoxy groups -OCH3 is 2. The van der Waals surface area contributed by atoms with E-state index in [0.29, 0.717) is 25.1 Å². The average molecular weight is 498 g/mol. The summed E-state index contributed by atoms with van der Waals surface area (Å²) in [7, 11) is 2.67. The van der Waals surface area contributed by atoms with Crippen molar-refractivity contribution in [3.8, 4) is 0 Å². The Bertz CT molecular complexity index is 895. The van der Waals surface area contributed by atoms with Gasteiger partial charge in [-0.1, -0.05) is 12.8 Å². The lowest BCUT2D eigenvalue weighted by Crippen LogP contribution is -2.37. The molecular weight excluding hydrogens is 466 g/mol. The van der Waals surface area contributed by atoms with Crippen molar-refractivity contribution in [3.63, 3.8) is 0 Å². The number of esters is 2. The second kappa shape index (κ2) is 12.3. The molecule has 12 heteroatoms. The molecular formula is C22H32ClN5O6. The fourth-order valence-electron chi connectivity index (χ4n) is 4.98. The fraction of sp³-hybridized carbons (Fsp3) is 0.727. The van der Waals surface area contributed by atoms with Crippen LogP contribution in [0.25, 0.3) is 0 Å². The van der Waals surface area contributed by atoms with E-state index >= 15 is 0 Å². The zero-order chi connectivity index (χ0) is 24.7. The molecule has 0 amide bonds. The Labute approximate surface area is 203 Å². The van der Waals surface area contributed by atoms with Gasteiger partial charge >= 0.3 is 17.6 Å². The summed E-state index contributed by atoms with van der Waals surface area (Å²) in [5.41, 5.74) is 0.194. The van der Waals surface area contributed by atoms with E-state index in [-0.39, 0.29) is 66.1 Å². The number of nitro groups is 1. The molecule has 188 valence electrons. The summed E-state index contributed by atoms with van der Waals surface area (Å²) in [4.78, 5) is 45.5. The van der Waals surface area contributed by atoms with Crippen molar-refractivity contribution < 1.29 is 24.0 Å². The third-order valence-corrected chi connectivity index (χ3v) is 6.85. The topological polar surface area (TPSA) is 137 Å². The summed E-state index contributed by atoms with van der Waals surface area (Å²) in [6.07, 6.45) is 6.26. The summed E-state index contributed by atoms with van der Waals surface area (Å²) in [6, 6.07) is 0.148. The molecule has 2 unspecified atom stereocenters. The molecule has 2 fully saturated rings.